The van der Waals surface area contributed by atoms with Crippen LogP contribution in [-0.2, 0) is 4.79 Å². The first-order valence-electron chi connectivity index (χ1n) is 5.01. The van der Waals surface area contributed by atoms with E-state index in [0.717, 1.165) is 0 Å². The fourth-order valence-electron chi connectivity index (χ4n) is 1.25. The molecule has 0 aliphatic heterocycles. The Kier molecular flexibility index (Phi) is 4.28. The third-order valence-corrected chi connectivity index (χ3v) is 2.09. The number of rotatable bonds is 5. The summed E-state index contributed by atoms with van der Waals surface area (Å²) in [5.74, 6) is -1.81. The van der Waals surface area contributed by atoms with Crippen molar-refractivity contribution in [3.05, 3.63) is 36.4 Å². The molecule has 1 aromatic rings. The molecule has 0 saturated carbocycles. The first kappa shape index (κ1) is 12.8. The molecule has 0 spiro atoms. The monoisotopic (exact) mass is 235 g/mol. The second-order valence-electron chi connectivity index (χ2n) is 3.41. The van der Waals surface area contributed by atoms with Crippen molar-refractivity contribution in [2.75, 3.05) is 5.32 Å². The van der Waals surface area contributed by atoms with Crippen LogP contribution in [0.3, 0.4) is 0 Å². The van der Waals surface area contributed by atoms with E-state index >= 15 is 0 Å². The average molecular weight is 235 g/mol. The highest BCUT2D eigenvalue weighted by molar-refractivity contribution is 5.94. The van der Waals surface area contributed by atoms with E-state index in [1.54, 1.807) is 6.08 Å². The maximum Gasteiger partial charge on any atom is 0.339 e. The van der Waals surface area contributed by atoms with Gasteiger partial charge in [-0.2, -0.15) is 0 Å². The quantitative estimate of drug-likeness (QED) is 0.681. The molecule has 1 amide bonds. The SMILES string of the molecule is C=CCCC(=O)Nc1ccc(C(=O)O)c(O)c1. The number of hydrogen-bond acceptors (Lipinski definition) is 3. The van der Waals surface area contributed by atoms with Crippen LogP contribution in [0.1, 0.15) is 23.2 Å². The van der Waals surface area contributed by atoms with Gasteiger partial charge in [-0.05, 0) is 18.6 Å². The summed E-state index contributed by atoms with van der Waals surface area (Å²) in [6.45, 7) is 3.50. The second-order valence-corrected chi connectivity index (χ2v) is 3.41. The van der Waals surface area contributed by atoms with Gasteiger partial charge in [0, 0.05) is 18.2 Å². The lowest BCUT2D eigenvalue weighted by Gasteiger charge is -2.06. The summed E-state index contributed by atoms with van der Waals surface area (Å²) < 4.78 is 0. The number of carboxylic acids is 1. The Morgan fingerprint density at radius 3 is 2.65 bits per heavy atom. The van der Waals surface area contributed by atoms with Crippen LogP contribution < -0.4 is 5.32 Å². The maximum absolute atomic E-state index is 11.3. The molecule has 1 aromatic carbocycles. The largest absolute Gasteiger partial charge is 0.507 e. The van der Waals surface area contributed by atoms with Gasteiger partial charge < -0.3 is 15.5 Å². The standard InChI is InChI=1S/C12H13NO4/c1-2-3-4-11(15)13-8-5-6-9(12(16)17)10(14)7-8/h2,5-7,14H,1,3-4H2,(H,13,15)(H,16,17). The minimum absolute atomic E-state index is 0.200. The molecule has 0 radical (unpaired) electrons. The predicted octanol–water partition coefficient (Wildman–Crippen LogP) is 2.00. The number of anilines is 1. The van der Waals surface area contributed by atoms with E-state index in [1.807, 2.05) is 0 Å². The first-order valence-corrected chi connectivity index (χ1v) is 5.01. The molecule has 0 heterocycles. The average Bonchev–Trinajstić information content (AvgIpc) is 2.26. The van der Waals surface area contributed by atoms with Gasteiger partial charge >= 0.3 is 5.97 Å². The molecule has 5 nitrogen and oxygen atoms in total. The molecule has 0 aliphatic carbocycles. The number of carbonyl (C=O) groups excluding carboxylic acids is 1. The van der Waals surface area contributed by atoms with E-state index in [1.165, 1.54) is 18.2 Å². The Morgan fingerprint density at radius 1 is 1.41 bits per heavy atom. The molecule has 0 aliphatic rings. The van der Waals surface area contributed by atoms with Crippen molar-refractivity contribution in [3.63, 3.8) is 0 Å². The molecule has 0 saturated heterocycles. The molecule has 17 heavy (non-hydrogen) atoms. The molecule has 0 bridgehead atoms. The van der Waals surface area contributed by atoms with Crippen LogP contribution in [0, 0.1) is 0 Å². The zero-order valence-electron chi connectivity index (χ0n) is 9.14. The Bertz CT molecular complexity index is 454. The summed E-state index contributed by atoms with van der Waals surface area (Å²) in [6.07, 6.45) is 2.49. The van der Waals surface area contributed by atoms with Crippen molar-refractivity contribution in [2.24, 2.45) is 0 Å². The highest BCUT2D eigenvalue weighted by Gasteiger charge is 2.10. The van der Waals surface area contributed by atoms with Gasteiger partial charge in [0.05, 0.1) is 0 Å². The van der Waals surface area contributed by atoms with Gasteiger partial charge in [-0.25, -0.2) is 4.79 Å². The summed E-state index contributed by atoms with van der Waals surface area (Å²) in [6, 6.07) is 3.87. The lowest BCUT2D eigenvalue weighted by Crippen LogP contribution is -2.10. The summed E-state index contributed by atoms with van der Waals surface area (Å²) in [5, 5.41) is 20.6. The summed E-state index contributed by atoms with van der Waals surface area (Å²) in [7, 11) is 0. The Balaban J connectivity index is 2.74. The summed E-state index contributed by atoms with van der Waals surface area (Å²) in [5.41, 5.74) is 0.163. The summed E-state index contributed by atoms with van der Waals surface area (Å²) >= 11 is 0. The van der Waals surface area contributed by atoms with Crippen LogP contribution in [-0.4, -0.2) is 22.1 Å². The minimum atomic E-state index is -1.22. The number of phenols is 1. The Morgan fingerprint density at radius 2 is 2.12 bits per heavy atom. The number of carboxylic acid groups (broad SMARTS) is 1. The van der Waals surface area contributed by atoms with Crippen molar-refractivity contribution >= 4 is 17.6 Å². The lowest BCUT2D eigenvalue weighted by molar-refractivity contribution is -0.116. The molecule has 3 N–H and O–H groups in total. The zero-order chi connectivity index (χ0) is 12.8. The van der Waals surface area contributed by atoms with Crippen LogP contribution in [0.15, 0.2) is 30.9 Å². The number of nitrogens with one attached hydrogen (secondary N) is 1. The number of carbonyl (C=O) groups is 2. The zero-order valence-corrected chi connectivity index (χ0v) is 9.14. The minimum Gasteiger partial charge on any atom is -0.507 e. The van der Waals surface area contributed by atoms with Gasteiger partial charge in [0.1, 0.15) is 11.3 Å². The van der Waals surface area contributed by atoms with Crippen molar-refractivity contribution < 1.29 is 19.8 Å². The topological polar surface area (TPSA) is 86.6 Å². The predicted molar refractivity (Wildman–Crippen MR) is 63.1 cm³/mol. The smallest absolute Gasteiger partial charge is 0.339 e. The van der Waals surface area contributed by atoms with E-state index in [4.69, 9.17) is 5.11 Å². The molecule has 0 aromatic heterocycles. The van der Waals surface area contributed by atoms with Crippen molar-refractivity contribution in [2.45, 2.75) is 12.8 Å². The third kappa shape index (κ3) is 3.64. The highest BCUT2D eigenvalue weighted by Crippen LogP contribution is 2.22. The van der Waals surface area contributed by atoms with Crippen LogP contribution in [0.5, 0.6) is 5.75 Å². The van der Waals surface area contributed by atoms with Gasteiger partial charge in [-0.15, -0.1) is 6.58 Å². The molecule has 5 heteroatoms. The highest BCUT2D eigenvalue weighted by atomic mass is 16.4. The van der Waals surface area contributed by atoms with Crippen molar-refractivity contribution in [3.8, 4) is 5.75 Å². The van der Waals surface area contributed by atoms with Gasteiger partial charge in [-0.3, -0.25) is 4.79 Å². The van der Waals surface area contributed by atoms with Gasteiger partial charge in [0.15, 0.2) is 0 Å². The molecular weight excluding hydrogens is 222 g/mol. The number of aromatic carboxylic acids is 1. The van der Waals surface area contributed by atoms with Crippen molar-refractivity contribution in [1.29, 1.82) is 0 Å². The molecule has 90 valence electrons. The third-order valence-electron chi connectivity index (χ3n) is 2.09. The summed E-state index contributed by atoms with van der Waals surface area (Å²) in [4.78, 5) is 22.0. The number of allylic oxidation sites excluding steroid dienone is 1. The molecule has 0 atom stereocenters. The lowest BCUT2D eigenvalue weighted by atomic mass is 10.2. The fourth-order valence-corrected chi connectivity index (χ4v) is 1.25. The fraction of sp³-hybridized carbons (Fsp3) is 0.167. The first-order chi connectivity index (χ1) is 8.04. The van der Waals surface area contributed by atoms with Gasteiger partial charge in [0.25, 0.3) is 0 Å². The van der Waals surface area contributed by atoms with Crippen LogP contribution in [0.4, 0.5) is 5.69 Å². The van der Waals surface area contributed by atoms with E-state index in [-0.39, 0.29) is 17.2 Å². The van der Waals surface area contributed by atoms with Crippen LogP contribution in [0.2, 0.25) is 0 Å². The molecule has 0 fully saturated rings. The number of amides is 1. The van der Waals surface area contributed by atoms with Crippen LogP contribution in [0.25, 0.3) is 0 Å². The van der Waals surface area contributed by atoms with Crippen LogP contribution >= 0.6 is 0 Å². The number of aromatic hydroxyl groups is 1. The maximum atomic E-state index is 11.3. The second kappa shape index (κ2) is 5.69. The van der Waals surface area contributed by atoms with Crippen molar-refractivity contribution in [1.82, 2.24) is 0 Å². The molecule has 0 unspecified atom stereocenters. The Hall–Kier alpha value is -2.30. The van der Waals surface area contributed by atoms with E-state index in [0.29, 0.717) is 18.5 Å². The van der Waals surface area contributed by atoms with E-state index in [9.17, 15) is 14.7 Å². The van der Waals surface area contributed by atoms with Gasteiger partial charge in [-0.1, -0.05) is 6.08 Å². The normalized spacial score (nSPS) is 9.65. The van der Waals surface area contributed by atoms with Gasteiger partial charge in [0.2, 0.25) is 5.91 Å². The number of hydrogen-bond donors (Lipinski definition) is 3. The molecular formula is C12H13NO4. The number of benzene rings is 1. The van der Waals surface area contributed by atoms with E-state index in [2.05, 4.69) is 11.9 Å². The Labute approximate surface area is 98.4 Å². The molecule has 1 rings (SSSR count). The van der Waals surface area contributed by atoms with E-state index < -0.39 is 5.97 Å².